The minimum absolute atomic E-state index is 0.0492. The van der Waals surface area contributed by atoms with Crippen LogP contribution in [-0.4, -0.2) is 24.4 Å². The van der Waals surface area contributed by atoms with Crippen LogP contribution >= 0.6 is 15.9 Å². The normalized spacial score (nSPS) is 19.3. The van der Waals surface area contributed by atoms with E-state index >= 15 is 0 Å². The lowest BCUT2D eigenvalue weighted by Gasteiger charge is -2.33. The van der Waals surface area contributed by atoms with Gasteiger partial charge < -0.3 is 5.32 Å². The van der Waals surface area contributed by atoms with Gasteiger partial charge in [0.1, 0.15) is 6.04 Å². The van der Waals surface area contributed by atoms with Gasteiger partial charge in [0.15, 0.2) is 0 Å². The molecule has 2 aromatic carbocycles. The van der Waals surface area contributed by atoms with Crippen molar-refractivity contribution >= 4 is 44.2 Å². The number of hydrogen-bond donors (Lipinski definition) is 1. The molecule has 4 nitrogen and oxygen atoms in total. The predicted octanol–water partition coefficient (Wildman–Crippen LogP) is 2.45. The average Bonchev–Trinajstić information content (AvgIpc) is 2.46. The van der Waals surface area contributed by atoms with E-state index in [9.17, 15) is 9.59 Å². The molecule has 102 valence electrons. The van der Waals surface area contributed by atoms with Gasteiger partial charge in [-0.05, 0) is 24.4 Å². The first kappa shape index (κ1) is 13.1. The number of amides is 2. The van der Waals surface area contributed by atoms with Crippen molar-refractivity contribution in [1.29, 1.82) is 0 Å². The Morgan fingerprint density at radius 3 is 2.60 bits per heavy atom. The zero-order valence-electron chi connectivity index (χ0n) is 10.9. The fraction of sp³-hybridized carbons (Fsp3) is 0.200. The Kier molecular flexibility index (Phi) is 3.22. The van der Waals surface area contributed by atoms with Crippen LogP contribution in [0.3, 0.4) is 0 Å². The molecule has 1 heterocycles. The van der Waals surface area contributed by atoms with Gasteiger partial charge in [0.25, 0.3) is 0 Å². The highest BCUT2D eigenvalue weighted by atomic mass is 79.9. The molecule has 1 unspecified atom stereocenters. The van der Waals surface area contributed by atoms with E-state index in [1.165, 1.54) is 0 Å². The SMILES string of the molecule is CC1C(=O)NCC(=O)N1c1ccc(Br)c2ccccc12. The van der Waals surface area contributed by atoms with Crippen molar-refractivity contribution in [3.8, 4) is 0 Å². The van der Waals surface area contributed by atoms with E-state index in [2.05, 4.69) is 21.2 Å². The Balaban J connectivity index is 2.21. The Hall–Kier alpha value is -1.88. The van der Waals surface area contributed by atoms with E-state index in [0.717, 1.165) is 20.9 Å². The molecule has 5 heteroatoms. The third kappa shape index (κ3) is 1.98. The molecule has 0 saturated carbocycles. The zero-order valence-corrected chi connectivity index (χ0v) is 12.5. The zero-order chi connectivity index (χ0) is 14.3. The van der Waals surface area contributed by atoms with Crippen LogP contribution in [0.15, 0.2) is 40.9 Å². The van der Waals surface area contributed by atoms with Crippen LogP contribution in [-0.2, 0) is 9.59 Å². The Labute approximate surface area is 124 Å². The van der Waals surface area contributed by atoms with E-state index in [-0.39, 0.29) is 18.4 Å². The highest BCUT2D eigenvalue weighted by Gasteiger charge is 2.32. The number of benzene rings is 2. The summed E-state index contributed by atoms with van der Waals surface area (Å²) < 4.78 is 0.971. The maximum atomic E-state index is 12.2. The fourth-order valence-corrected chi connectivity index (χ4v) is 3.01. The molecule has 0 bridgehead atoms. The van der Waals surface area contributed by atoms with Crippen LogP contribution < -0.4 is 10.2 Å². The van der Waals surface area contributed by atoms with Crippen LogP contribution in [0.4, 0.5) is 5.69 Å². The number of nitrogens with one attached hydrogen (secondary N) is 1. The van der Waals surface area contributed by atoms with Crippen LogP contribution in [0.25, 0.3) is 10.8 Å². The number of anilines is 1. The van der Waals surface area contributed by atoms with Crippen molar-refractivity contribution in [2.45, 2.75) is 13.0 Å². The van der Waals surface area contributed by atoms with Crippen molar-refractivity contribution in [3.63, 3.8) is 0 Å². The Morgan fingerprint density at radius 1 is 1.15 bits per heavy atom. The first-order valence-electron chi connectivity index (χ1n) is 6.36. The summed E-state index contributed by atoms with van der Waals surface area (Å²) in [5.41, 5.74) is 0.774. The maximum absolute atomic E-state index is 12.2. The molecule has 1 fully saturated rings. The van der Waals surface area contributed by atoms with E-state index in [1.807, 2.05) is 36.4 Å². The smallest absolute Gasteiger partial charge is 0.247 e. The van der Waals surface area contributed by atoms with Crippen LogP contribution in [0.2, 0.25) is 0 Å². The maximum Gasteiger partial charge on any atom is 0.247 e. The second kappa shape index (κ2) is 4.90. The van der Waals surface area contributed by atoms with E-state index in [0.29, 0.717) is 0 Å². The summed E-state index contributed by atoms with van der Waals surface area (Å²) in [5.74, 6) is -0.221. The molecule has 1 saturated heterocycles. The average molecular weight is 333 g/mol. The van der Waals surface area contributed by atoms with Gasteiger partial charge >= 0.3 is 0 Å². The quantitative estimate of drug-likeness (QED) is 0.872. The molecule has 3 rings (SSSR count). The summed E-state index contributed by atoms with van der Waals surface area (Å²) in [6.45, 7) is 1.79. The first-order chi connectivity index (χ1) is 9.59. The monoisotopic (exact) mass is 332 g/mol. The number of nitrogens with zero attached hydrogens (tertiary/aromatic N) is 1. The largest absolute Gasteiger partial charge is 0.345 e. The lowest BCUT2D eigenvalue weighted by molar-refractivity contribution is -0.130. The number of piperazine rings is 1. The van der Waals surface area contributed by atoms with Gasteiger partial charge in [-0.1, -0.05) is 40.2 Å². The molecule has 0 radical (unpaired) electrons. The molecule has 1 aliphatic rings. The minimum atomic E-state index is -0.499. The van der Waals surface area contributed by atoms with Crippen molar-refractivity contribution in [2.75, 3.05) is 11.4 Å². The van der Waals surface area contributed by atoms with Crippen LogP contribution in [0.1, 0.15) is 6.92 Å². The number of halogens is 1. The third-order valence-electron chi connectivity index (χ3n) is 3.56. The number of hydrogen-bond acceptors (Lipinski definition) is 2. The molecular formula is C15H13BrN2O2. The fourth-order valence-electron chi connectivity index (χ4n) is 2.53. The topological polar surface area (TPSA) is 49.4 Å². The first-order valence-corrected chi connectivity index (χ1v) is 7.16. The molecule has 2 amide bonds. The molecular weight excluding hydrogens is 320 g/mol. The van der Waals surface area contributed by atoms with Crippen molar-refractivity contribution in [1.82, 2.24) is 5.32 Å². The van der Waals surface area contributed by atoms with E-state index in [1.54, 1.807) is 11.8 Å². The van der Waals surface area contributed by atoms with Gasteiger partial charge in [0.2, 0.25) is 11.8 Å². The molecule has 0 spiro atoms. The van der Waals surface area contributed by atoms with Crippen molar-refractivity contribution in [3.05, 3.63) is 40.9 Å². The number of carbonyl (C=O) groups is 2. The van der Waals surface area contributed by atoms with Crippen LogP contribution in [0.5, 0.6) is 0 Å². The Bertz CT molecular complexity index is 714. The van der Waals surface area contributed by atoms with Gasteiger partial charge in [-0.15, -0.1) is 0 Å². The molecule has 20 heavy (non-hydrogen) atoms. The minimum Gasteiger partial charge on any atom is -0.345 e. The molecule has 1 N–H and O–H groups in total. The molecule has 0 aliphatic carbocycles. The highest BCUT2D eigenvalue weighted by molar-refractivity contribution is 9.10. The van der Waals surface area contributed by atoms with Crippen LogP contribution in [0, 0.1) is 0 Å². The summed E-state index contributed by atoms with van der Waals surface area (Å²) >= 11 is 3.51. The second-order valence-electron chi connectivity index (χ2n) is 4.77. The molecule has 0 aromatic heterocycles. The second-order valence-corrected chi connectivity index (χ2v) is 5.62. The van der Waals surface area contributed by atoms with Gasteiger partial charge in [0, 0.05) is 9.86 Å². The summed E-state index contributed by atoms with van der Waals surface area (Å²) in [5, 5.41) is 4.58. The number of rotatable bonds is 1. The molecule has 1 aliphatic heterocycles. The lowest BCUT2D eigenvalue weighted by Crippen LogP contribution is -2.57. The number of fused-ring (bicyclic) bond motifs is 1. The predicted molar refractivity (Wildman–Crippen MR) is 81.6 cm³/mol. The van der Waals surface area contributed by atoms with Gasteiger partial charge in [-0.25, -0.2) is 0 Å². The van der Waals surface area contributed by atoms with Crippen molar-refractivity contribution < 1.29 is 9.59 Å². The third-order valence-corrected chi connectivity index (χ3v) is 4.25. The summed E-state index contributed by atoms with van der Waals surface area (Å²) in [4.78, 5) is 25.6. The molecule has 1 atom stereocenters. The van der Waals surface area contributed by atoms with Gasteiger partial charge in [0.05, 0.1) is 12.2 Å². The Morgan fingerprint density at radius 2 is 1.85 bits per heavy atom. The summed E-state index contributed by atoms with van der Waals surface area (Å²) in [7, 11) is 0. The lowest BCUT2D eigenvalue weighted by atomic mass is 10.1. The number of carbonyl (C=O) groups excluding carboxylic acids is 2. The summed E-state index contributed by atoms with van der Waals surface area (Å²) in [6.07, 6.45) is 0. The van der Waals surface area contributed by atoms with Gasteiger partial charge in [-0.3, -0.25) is 14.5 Å². The van der Waals surface area contributed by atoms with E-state index in [4.69, 9.17) is 0 Å². The van der Waals surface area contributed by atoms with E-state index < -0.39 is 6.04 Å². The van der Waals surface area contributed by atoms with Gasteiger partial charge in [-0.2, -0.15) is 0 Å². The molecule has 2 aromatic rings. The standard InChI is InChI=1S/C15H13BrN2O2/c1-9-15(20)17-8-14(19)18(9)13-7-6-12(16)10-4-2-3-5-11(10)13/h2-7,9H,8H2,1H3,(H,17,20). The van der Waals surface area contributed by atoms with Crippen molar-refractivity contribution in [2.24, 2.45) is 0 Å². The summed E-state index contributed by atoms with van der Waals surface area (Å²) in [6, 6.07) is 11.1. The highest BCUT2D eigenvalue weighted by Crippen LogP contribution is 2.33.